The Morgan fingerprint density at radius 2 is 1.43 bits per heavy atom. The topological polar surface area (TPSA) is 26.0 Å². The molecular weight excluding hydrogens is 261 g/mol. The molecule has 1 unspecified atom stereocenters. The Morgan fingerprint density at radius 1 is 0.905 bits per heavy atom. The first-order chi connectivity index (χ1) is 10.0. The van der Waals surface area contributed by atoms with Crippen molar-refractivity contribution in [3.8, 4) is 0 Å². The fourth-order valence-corrected chi connectivity index (χ4v) is 2.82. The minimum absolute atomic E-state index is 0.180. The number of halogens is 1. The van der Waals surface area contributed by atoms with Gasteiger partial charge < -0.3 is 5.73 Å². The van der Waals surface area contributed by atoms with Crippen LogP contribution in [-0.4, -0.2) is 5.54 Å². The van der Waals surface area contributed by atoms with Crippen LogP contribution in [0.5, 0.6) is 0 Å². The highest BCUT2D eigenvalue weighted by molar-refractivity contribution is 5.18. The van der Waals surface area contributed by atoms with Crippen LogP contribution < -0.4 is 5.73 Å². The van der Waals surface area contributed by atoms with E-state index in [1.165, 1.54) is 63.5 Å². The molecule has 2 heteroatoms. The number of rotatable bonds is 11. The third kappa shape index (κ3) is 8.87. The van der Waals surface area contributed by atoms with Gasteiger partial charge in [-0.25, -0.2) is 4.39 Å². The second-order valence-electron chi connectivity index (χ2n) is 6.68. The van der Waals surface area contributed by atoms with Gasteiger partial charge >= 0.3 is 0 Å². The Morgan fingerprint density at radius 3 is 2.00 bits per heavy atom. The first kappa shape index (κ1) is 18.2. The van der Waals surface area contributed by atoms with Gasteiger partial charge in [-0.05, 0) is 37.5 Å². The molecule has 0 bridgehead atoms. The molecule has 0 aliphatic rings. The van der Waals surface area contributed by atoms with Crippen LogP contribution in [0.2, 0.25) is 0 Å². The van der Waals surface area contributed by atoms with Crippen molar-refractivity contribution in [1.82, 2.24) is 0 Å². The average molecular weight is 293 g/mol. The van der Waals surface area contributed by atoms with E-state index >= 15 is 0 Å². The molecule has 1 aromatic rings. The summed E-state index contributed by atoms with van der Waals surface area (Å²) < 4.78 is 12.9. The number of unbranched alkanes of at least 4 members (excludes halogenated alkanes) is 7. The predicted octanol–water partition coefficient (Wildman–Crippen LogP) is 5.62. The van der Waals surface area contributed by atoms with E-state index < -0.39 is 0 Å². The Bertz CT molecular complexity index is 370. The van der Waals surface area contributed by atoms with E-state index in [1.54, 1.807) is 0 Å². The van der Waals surface area contributed by atoms with Crippen molar-refractivity contribution < 1.29 is 4.39 Å². The maximum absolute atomic E-state index is 12.9. The molecule has 1 rings (SSSR count). The summed E-state index contributed by atoms with van der Waals surface area (Å²) in [5, 5.41) is 0. The highest BCUT2D eigenvalue weighted by atomic mass is 19.1. The summed E-state index contributed by atoms with van der Waals surface area (Å²) in [7, 11) is 0. The molecule has 1 aromatic carbocycles. The molecule has 120 valence electrons. The van der Waals surface area contributed by atoms with Crippen LogP contribution in [0.3, 0.4) is 0 Å². The van der Waals surface area contributed by atoms with Crippen molar-refractivity contribution in [1.29, 1.82) is 0 Å². The quantitative estimate of drug-likeness (QED) is 0.527. The maximum Gasteiger partial charge on any atom is 0.123 e. The monoisotopic (exact) mass is 293 g/mol. The minimum atomic E-state index is -0.181. The SMILES string of the molecule is CCCCCCCCCCC(C)(N)Cc1ccc(F)cc1. The zero-order valence-corrected chi connectivity index (χ0v) is 13.8. The number of hydrogen-bond donors (Lipinski definition) is 1. The molecule has 0 aromatic heterocycles. The lowest BCUT2D eigenvalue weighted by molar-refractivity contribution is 0.403. The summed E-state index contributed by atoms with van der Waals surface area (Å²) in [6.45, 7) is 4.36. The molecule has 1 nitrogen and oxygen atoms in total. The fraction of sp³-hybridized carbons (Fsp3) is 0.684. The van der Waals surface area contributed by atoms with E-state index in [1.807, 2.05) is 12.1 Å². The smallest absolute Gasteiger partial charge is 0.123 e. The van der Waals surface area contributed by atoms with E-state index in [4.69, 9.17) is 5.73 Å². The standard InChI is InChI=1S/C19H32FN/c1-3-4-5-6-7-8-9-10-15-19(2,21)16-17-11-13-18(20)14-12-17/h11-14H,3-10,15-16,21H2,1-2H3. The van der Waals surface area contributed by atoms with Crippen LogP contribution in [0.25, 0.3) is 0 Å². The largest absolute Gasteiger partial charge is 0.325 e. The summed E-state index contributed by atoms with van der Waals surface area (Å²) in [6.07, 6.45) is 12.5. The molecule has 0 aliphatic carbocycles. The van der Waals surface area contributed by atoms with Crippen molar-refractivity contribution in [2.24, 2.45) is 5.73 Å². The van der Waals surface area contributed by atoms with Gasteiger partial charge in [-0.2, -0.15) is 0 Å². The molecule has 0 saturated heterocycles. The Labute approximate surface area is 130 Å². The molecule has 0 fully saturated rings. The molecule has 1 atom stereocenters. The molecule has 21 heavy (non-hydrogen) atoms. The highest BCUT2D eigenvalue weighted by Crippen LogP contribution is 2.19. The van der Waals surface area contributed by atoms with Crippen molar-refractivity contribution in [2.45, 2.75) is 83.6 Å². The molecule has 0 amide bonds. The molecule has 0 radical (unpaired) electrons. The van der Waals surface area contributed by atoms with Crippen molar-refractivity contribution in [2.75, 3.05) is 0 Å². The second-order valence-corrected chi connectivity index (χ2v) is 6.68. The van der Waals surface area contributed by atoms with Gasteiger partial charge in [0.2, 0.25) is 0 Å². The average Bonchev–Trinajstić information content (AvgIpc) is 2.44. The summed E-state index contributed by atoms with van der Waals surface area (Å²) in [4.78, 5) is 0. The van der Waals surface area contributed by atoms with Gasteiger partial charge in [0.15, 0.2) is 0 Å². The first-order valence-electron chi connectivity index (χ1n) is 8.57. The Kier molecular flexibility index (Phi) is 8.60. The van der Waals surface area contributed by atoms with Crippen molar-refractivity contribution in [3.63, 3.8) is 0 Å². The van der Waals surface area contributed by atoms with Gasteiger partial charge in [-0.1, -0.05) is 70.4 Å². The Hall–Kier alpha value is -0.890. The molecular formula is C19H32FN. The van der Waals surface area contributed by atoms with Crippen LogP contribution in [0, 0.1) is 5.82 Å². The first-order valence-corrected chi connectivity index (χ1v) is 8.57. The lowest BCUT2D eigenvalue weighted by Gasteiger charge is -2.24. The fourth-order valence-electron chi connectivity index (χ4n) is 2.82. The van der Waals surface area contributed by atoms with Gasteiger partial charge in [0.05, 0.1) is 0 Å². The molecule has 0 aliphatic heterocycles. The van der Waals surface area contributed by atoms with E-state index in [0.717, 1.165) is 18.4 Å². The van der Waals surface area contributed by atoms with E-state index in [0.29, 0.717) is 0 Å². The van der Waals surface area contributed by atoms with Crippen LogP contribution in [-0.2, 0) is 6.42 Å². The number of hydrogen-bond acceptors (Lipinski definition) is 1. The lowest BCUT2D eigenvalue weighted by Crippen LogP contribution is -2.38. The summed E-state index contributed by atoms with van der Waals surface area (Å²) >= 11 is 0. The van der Waals surface area contributed by atoms with Gasteiger partial charge in [0.25, 0.3) is 0 Å². The van der Waals surface area contributed by atoms with Crippen molar-refractivity contribution >= 4 is 0 Å². The lowest BCUT2D eigenvalue weighted by atomic mass is 9.88. The minimum Gasteiger partial charge on any atom is -0.325 e. The third-order valence-electron chi connectivity index (χ3n) is 4.12. The third-order valence-corrected chi connectivity index (χ3v) is 4.12. The van der Waals surface area contributed by atoms with Crippen LogP contribution in [0.4, 0.5) is 4.39 Å². The summed E-state index contributed by atoms with van der Waals surface area (Å²) in [5.74, 6) is -0.180. The predicted molar refractivity (Wildman–Crippen MR) is 89.9 cm³/mol. The zero-order valence-electron chi connectivity index (χ0n) is 13.8. The number of nitrogens with two attached hydrogens (primary N) is 1. The summed E-state index contributed by atoms with van der Waals surface area (Å²) in [5.41, 5.74) is 7.32. The maximum atomic E-state index is 12.9. The van der Waals surface area contributed by atoms with E-state index in [9.17, 15) is 4.39 Å². The van der Waals surface area contributed by atoms with Gasteiger partial charge in [0.1, 0.15) is 5.82 Å². The van der Waals surface area contributed by atoms with Gasteiger partial charge in [0, 0.05) is 5.54 Å². The molecule has 0 spiro atoms. The van der Waals surface area contributed by atoms with Crippen LogP contribution in [0.15, 0.2) is 24.3 Å². The molecule has 0 saturated carbocycles. The van der Waals surface area contributed by atoms with E-state index in [-0.39, 0.29) is 11.4 Å². The van der Waals surface area contributed by atoms with Gasteiger partial charge in [-0.15, -0.1) is 0 Å². The molecule has 2 N–H and O–H groups in total. The van der Waals surface area contributed by atoms with Gasteiger partial charge in [-0.3, -0.25) is 0 Å². The highest BCUT2D eigenvalue weighted by Gasteiger charge is 2.18. The zero-order chi connectivity index (χ0) is 15.6. The normalized spacial score (nSPS) is 14.1. The molecule has 0 heterocycles. The second kappa shape index (κ2) is 9.94. The van der Waals surface area contributed by atoms with E-state index in [2.05, 4.69) is 13.8 Å². The van der Waals surface area contributed by atoms with Crippen LogP contribution >= 0.6 is 0 Å². The number of benzene rings is 1. The van der Waals surface area contributed by atoms with Crippen molar-refractivity contribution in [3.05, 3.63) is 35.6 Å². The van der Waals surface area contributed by atoms with Crippen LogP contribution in [0.1, 0.15) is 77.2 Å². The summed E-state index contributed by atoms with van der Waals surface area (Å²) in [6, 6.07) is 6.71. The Balaban J connectivity index is 2.13.